The molecule has 0 atom stereocenters. The molecule has 0 aliphatic heterocycles. The Morgan fingerprint density at radius 3 is 2.84 bits per heavy atom. The Hall–Kier alpha value is -2.02. The normalized spacial score (nSPS) is 9.74. The van der Waals surface area contributed by atoms with Crippen molar-refractivity contribution in [3.8, 4) is 6.07 Å². The molecule has 0 saturated heterocycles. The number of hydrogen-bond donors (Lipinski definition) is 1. The van der Waals surface area contributed by atoms with Crippen molar-refractivity contribution in [1.29, 1.82) is 5.26 Å². The predicted octanol–water partition coefficient (Wildman–Crippen LogP) is 2.62. The number of nitrogens with one attached hydrogen (secondary N) is 1. The Balaban J connectivity index is 2.38. The summed E-state index contributed by atoms with van der Waals surface area (Å²) >= 11 is 0. The summed E-state index contributed by atoms with van der Waals surface area (Å²) in [5.41, 5.74) is 1.39. The maximum absolute atomic E-state index is 11.8. The van der Waals surface area contributed by atoms with Gasteiger partial charge in [0.2, 0.25) is 5.91 Å². The fourth-order valence-corrected chi connectivity index (χ4v) is 1.75. The summed E-state index contributed by atoms with van der Waals surface area (Å²) in [6, 6.07) is 9.44. The number of rotatable bonds is 7. The van der Waals surface area contributed by atoms with E-state index in [4.69, 9.17) is 5.26 Å². The molecular weight excluding hydrogens is 238 g/mol. The highest BCUT2D eigenvalue weighted by atomic mass is 16.2. The highest BCUT2D eigenvalue weighted by molar-refractivity contribution is 5.76. The van der Waals surface area contributed by atoms with E-state index in [-0.39, 0.29) is 5.91 Å². The molecule has 0 fully saturated rings. The zero-order chi connectivity index (χ0) is 14.1. The monoisotopic (exact) mass is 259 g/mol. The largest absolute Gasteiger partial charge is 0.383 e. The van der Waals surface area contributed by atoms with Gasteiger partial charge in [-0.1, -0.05) is 25.5 Å². The molecule has 0 aliphatic rings. The van der Waals surface area contributed by atoms with Crippen LogP contribution in [0.25, 0.3) is 0 Å². The van der Waals surface area contributed by atoms with E-state index in [1.807, 2.05) is 25.2 Å². The summed E-state index contributed by atoms with van der Waals surface area (Å²) in [6.07, 6.45) is 2.57. The highest BCUT2D eigenvalue weighted by Gasteiger charge is 2.07. The Morgan fingerprint density at radius 2 is 2.16 bits per heavy atom. The lowest BCUT2D eigenvalue weighted by molar-refractivity contribution is -0.129. The quantitative estimate of drug-likeness (QED) is 0.819. The van der Waals surface area contributed by atoms with Crippen LogP contribution in [0.4, 0.5) is 5.69 Å². The average molecular weight is 259 g/mol. The third-order valence-corrected chi connectivity index (χ3v) is 2.97. The first kappa shape index (κ1) is 15.0. The van der Waals surface area contributed by atoms with Gasteiger partial charge in [0.15, 0.2) is 0 Å². The second-order valence-corrected chi connectivity index (χ2v) is 4.50. The molecule has 0 saturated carbocycles. The van der Waals surface area contributed by atoms with Crippen molar-refractivity contribution in [2.24, 2.45) is 0 Å². The number of anilines is 1. The van der Waals surface area contributed by atoms with Crippen LogP contribution >= 0.6 is 0 Å². The minimum absolute atomic E-state index is 0.135. The lowest BCUT2D eigenvalue weighted by Crippen LogP contribution is -2.29. The lowest BCUT2D eigenvalue weighted by atomic mass is 10.2. The van der Waals surface area contributed by atoms with Crippen molar-refractivity contribution in [3.63, 3.8) is 0 Å². The van der Waals surface area contributed by atoms with Gasteiger partial charge >= 0.3 is 0 Å². The molecule has 0 bridgehead atoms. The number of hydrogen-bond acceptors (Lipinski definition) is 3. The van der Waals surface area contributed by atoms with Crippen LogP contribution in [0, 0.1) is 11.3 Å². The van der Waals surface area contributed by atoms with E-state index in [1.54, 1.807) is 11.0 Å². The number of nitrogens with zero attached hydrogens (tertiary/aromatic N) is 2. The number of amides is 1. The summed E-state index contributed by atoms with van der Waals surface area (Å²) in [5, 5.41) is 12.1. The third-order valence-electron chi connectivity index (χ3n) is 2.97. The van der Waals surface area contributed by atoms with Crippen LogP contribution in [0.1, 0.15) is 31.7 Å². The van der Waals surface area contributed by atoms with Crippen LogP contribution in [0.3, 0.4) is 0 Å². The van der Waals surface area contributed by atoms with Gasteiger partial charge in [-0.25, -0.2) is 0 Å². The molecule has 0 aliphatic carbocycles. The summed E-state index contributed by atoms with van der Waals surface area (Å²) in [7, 11) is 1.83. The Morgan fingerprint density at radius 1 is 1.42 bits per heavy atom. The third kappa shape index (κ3) is 5.01. The minimum Gasteiger partial charge on any atom is -0.383 e. The molecule has 0 unspecified atom stereocenters. The second-order valence-electron chi connectivity index (χ2n) is 4.50. The van der Waals surface area contributed by atoms with Crippen molar-refractivity contribution < 1.29 is 4.79 Å². The molecule has 0 radical (unpaired) electrons. The summed E-state index contributed by atoms with van der Waals surface area (Å²) in [6.45, 7) is 3.47. The fraction of sp³-hybridized carbons (Fsp3) is 0.467. The summed E-state index contributed by atoms with van der Waals surface area (Å²) in [4.78, 5) is 13.6. The van der Waals surface area contributed by atoms with Gasteiger partial charge in [-0.3, -0.25) is 4.79 Å². The standard InChI is InChI=1S/C15H21N3O/c1-3-4-11-18(2)15(19)9-10-17-14-8-6-5-7-13(14)12-16/h5-8,17H,3-4,9-11H2,1-2H3. The zero-order valence-electron chi connectivity index (χ0n) is 11.6. The first-order valence-corrected chi connectivity index (χ1v) is 6.66. The number of unbranched alkanes of at least 4 members (excludes halogenated alkanes) is 1. The average Bonchev–Trinajstić information content (AvgIpc) is 2.45. The molecule has 4 heteroatoms. The molecule has 1 aromatic rings. The van der Waals surface area contributed by atoms with E-state index in [1.165, 1.54) is 0 Å². The van der Waals surface area contributed by atoms with Crippen molar-refractivity contribution in [3.05, 3.63) is 29.8 Å². The van der Waals surface area contributed by atoms with Gasteiger partial charge in [0.05, 0.1) is 11.3 Å². The number of nitriles is 1. The van der Waals surface area contributed by atoms with E-state index in [0.717, 1.165) is 25.1 Å². The van der Waals surface area contributed by atoms with Crippen molar-refractivity contribution in [2.75, 3.05) is 25.5 Å². The highest BCUT2D eigenvalue weighted by Crippen LogP contribution is 2.13. The van der Waals surface area contributed by atoms with Crippen molar-refractivity contribution >= 4 is 11.6 Å². The van der Waals surface area contributed by atoms with Gasteiger partial charge in [-0.05, 0) is 18.6 Å². The minimum atomic E-state index is 0.135. The smallest absolute Gasteiger partial charge is 0.224 e. The van der Waals surface area contributed by atoms with E-state index in [0.29, 0.717) is 18.5 Å². The van der Waals surface area contributed by atoms with E-state index >= 15 is 0 Å². The van der Waals surface area contributed by atoms with Gasteiger partial charge < -0.3 is 10.2 Å². The maximum Gasteiger partial charge on any atom is 0.224 e. The molecule has 1 aromatic carbocycles. The Bertz CT molecular complexity index is 451. The molecule has 0 spiro atoms. The SMILES string of the molecule is CCCCN(C)C(=O)CCNc1ccccc1C#N. The zero-order valence-corrected chi connectivity index (χ0v) is 11.6. The van der Waals surface area contributed by atoms with Gasteiger partial charge in [0.25, 0.3) is 0 Å². The van der Waals surface area contributed by atoms with Crippen molar-refractivity contribution in [1.82, 2.24) is 4.90 Å². The Labute approximate surface area is 115 Å². The first-order chi connectivity index (χ1) is 9.19. The molecule has 1 rings (SSSR count). The molecule has 0 aromatic heterocycles. The fourth-order valence-electron chi connectivity index (χ4n) is 1.75. The Kier molecular flexibility index (Phi) is 6.45. The molecule has 1 N–H and O–H groups in total. The van der Waals surface area contributed by atoms with Crippen LogP contribution in [-0.2, 0) is 4.79 Å². The topological polar surface area (TPSA) is 56.1 Å². The number of carbonyl (C=O) groups is 1. The van der Waals surface area contributed by atoms with Gasteiger partial charge in [-0.15, -0.1) is 0 Å². The van der Waals surface area contributed by atoms with Gasteiger partial charge in [-0.2, -0.15) is 5.26 Å². The summed E-state index contributed by atoms with van der Waals surface area (Å²) < 4.78 is 0. The maximum atomic E-state index is 11.8. The van der Waals surface area contributed by atoms with E-state index in [2.05, 4.69) is 18.3 Å². The molecular formula is C15H21N3O. The second kappa shape index (κ2) is 8.15. The van der Waals surface area contributed by atoms with Crippen LogP contribution in [0.5, 0.6) is 0 Å². The van der Waals surface area contributed by atoms with Crippen LogP contribution < -0.4 is 5.32 Å². The van der Waals surface area contributed by atoms with E-state index < -0.39 is 0 Å². The predicted molar refractivity (Wildman–Crippen MR) is 76.8 cm³/mol. The molecule has 1 amide bonds. The van der Waals surface area contributed by atoms with Crippen LogP contribution in [0.15, 0.2) is 24.3 Å². The lowest BCUT2D eigenvalue weighted by Gasteiger charge is -2.17. The van der Waals surface area contributed by atoms with Crippen molar-refractivity contribution in [2.45, 2.75) is 26.2 Å². The number of para-hydroxylation sites is 1. The van der Waals surface area contributed by atoms with Crippen LogP contribution in [-0.4, -0.2) is 30.9 Å². The molecule has 19 heavy (non-hydrogen) atoms. The molecule has 0 heterocycles. The first-order valence-electron chi connectivity index (χ1n) is 6.66. The molecule has 102 valence electrons. The number of carbonyl (C=O) groups excluding carboxylic acids is 1. The number of benzene rings is 1. The van der Waals surface area contributed by atoms with Crippen LogP contribution in [0.2, 0.25) is 0 Å². The molecule has 4 nitrogen and oxygen atoms in total. The van der Waals surface area contributed by atoms with Gasteiger partial charge in [0, 0.05) is 26.6 Å². The summed E-state index contributed by atoms with van der Waals surface area (Å²) in [5.74, 6) is 0.135. The van der Waals surface area contributed by atoms with Gasteiger partial charge in [0.1, 0.15) is 6.07 Å². The van der Waals surface area contributed by atoms with E-state index in [9.17, 15) is 4.79 Å².